The number of hydrogen-bond acceptors (Lipinski definition) is 1. The summed E-state index contributed by atoms with van der Waals surface area (Å²) in [5.74, 6) is 0. The lowest BCUT2D eigenvalue weighted by atomic mass is 9.93. The van der Waals surface area contributed by atoms with Gasteiger partial charge in [0.15, 0.2) is 0 Å². The molecule has 0 saturated heterocycles. The van der Waals surface area contributed by atoms with Crippen LogP contribution in [0.5, 0.6) is 0 Å². The molecule has 0 aromatic heterocycles. The first-order valence-corrected chi connectivity index (χ1v) is 22.7. The van der Waals surface area contributed by atoms with Crippen LogP contribution in [0.2, 0.25) is 0 Å². The second-order valence-electron chi connectivity index (χ2n) is 17.0. The first-order valence-electron chi connectivity index (χ1n) is 24.7. The number of hydrogen-bond donors (Lipinski definition) is 0. The van der Waals surface area contributed by atoms with E-state index in [0.717, 1.165) is 71.8 Å². The van der Waals surface area contributed by atoms with Crippen molar-refractivity contribution in [1.82, 2.24) is 0 Å². The van der Waals surface area contributed by atoms with E-state index in [-0.39, 0.29) is 35.4 Å². The average molecular weight is 856 g/mol. The van der Waals surface area contributed by atoms with Crippen LogP contribution in [-0.4, -0.2) is 0 Å². The van der Waals surface area contributed by atoms with Gasteiger partial charge in [0.2, 0.25) is 0 Å². The van der Waals surface area contributed by atoms with Crippen molar-refractivity contribution in [2.24, 2.45) is 0 Å². The molecule has 1 nitrogen and oxygen atoms in total. The van der Waals surface area contributed by atoms with E-state index in [1.807, 2.05) is 83.8 Å². The van der Waals surface area contributed by atoms with E-state index in [9.17, 15) is 5.48 Å². The van der Waals surface area contributed by atoms with Gasteiger partial charge in [-0.1, -0.05) is 206 Å². The summed E-state index contributed by atoms with van der Waals surface area (Å²) in [4.78, 5) is 1.87. The van der Waals surface area contributed by atoms with E-state index in [0.29, 0.717) is 16.9 Å². The third kappa shape index (κ3) is 7.84. The van der Waals surface area contributed by atoms with Crippen molar-refractivity contribution in [2.75, 3.05) is 4.90 Å². The number of rotatable bonds is 9. The Morgan fingerprint density at radius 1 is 0.224 bits per heavy atom. The van der Waals surface area contributed by atoms with Crippen LogP contribution in [0.15, 0.2) is 273 Å². The van der Waals surface area contributed by atoms with Gasteiger partial charge in [0.25, 0.3) is 0 Å². The lowest BCUT2D eigenvalue weighted by molar-refractivity contribution is 1.28. The van der Waals surface area contributed by atoms with E-state index >= 15 is 0 Å². The fourth-order valence-corrected chi connectivity index (χ4v) is 9.48. The van der Waals surface area contributed by atoms with E-state index in [4.69, 9.17) is 0 Å². The van der Waals surface area contributed by atoms with Gasteiger partial charge in [0, 0.05) is 17.1 Å². The number of benzene rings is 12. The van der Waals surface area contributed by atoms with Crippen LogP contribution in [-0.2, 0) is 0 Å². The van der Waals surface area contributed by atoms with Crippen molar-refractivity contribution in [2.45, 2.75) is 0 Å². The van der Waals surface area contributed by atoms with Gasteiger partial charge >= 0.3 is 0 Å². The molecule has 12 aromatic rings. The zero-order chi connectivity index (χ0) is 48.0. The van der Waals surface area contributed by atoms with Crippen molar-refractivity contribution in [3.63, 3.8) is 0 Å². The molecule has 0 radical (unpaired) electrons. The monoisotopic (exact) mass is 855 g/mol. The highest BCUT2D eigenvalue weighted by molar-refractivity contribution is 6.08. The predicted octanol–water partition coefficient (Wildman–Crippen LogP) is 18.6. The summed E-state index contributed by atoms with van der Waals surface area (Å²) in [6, 6.07) is 85.0. The van der Waals surface area contributed by atoms with E-state index in [2.05, 4.69) is 170 Å². The standard InChI is InChI=1S/C66H45N/c1-3-13-46(14-4-1)57-43-58(47-15-5-2-6-16-47)45-59(44-57)50-31-38-62(39-32-50)67(61-36-29-49(30-37-61)54-33-40-66-56(42-54)26-25-52-18-8-10-23-64(52)66)60-34-27-48(28-35-60)53-20-11-21-55(41-53)65-24-12-19-51-17-7-9-22-63(51)65/h1-45H/i27D,28D,34D,35D. The molecule has 0 unspecified atom stereocenters. The minimum absolute atomic E-state index is 0.107. The van der Waals surface area contributed by atoms with Crippen molar-refractivity contribution < 1.29 is 5.48 Å². The molecule has 0 spiro atoms. The zero-order valence-electron chi connectivity index (χ0n) is 40.6. The lowest BCUT2D eigenvalue weighted by Crippen LogP contribution is -2.09. The lowest BCUT2D eigenvalue weighted by Gasteiger charge is -2.26. The smallest absolute Gasteiger partial charge is 0.0645 e. The second-order valence-corrected chi connectivity index (χ2v) is 17.0. The highest BCUT2D eigenvalue weighted by Crippen LogP contribution is 2.40. The molecule has 0 amide bonds. The van der Waals surface area contributed by atoms with Crippen LogP contribution >= 0.6 is 0 Å². The van der Waals surface area contributed by atoms with Crippen LogP contribution in [0, 0.1) is 0 Å². The molecular formula is C66H45N. The number of fused-ring (bicyclic) bond motifs is 4. The Morgan fingerprint density at radius 3 is 1.28 bits per heavy atom. The topological polar surface area (TPSA) is 3.24 Å². The Morgan fingerprint density at radius 2 is 0.642 bits per heavy atom. The fraction of sp³-hybridized carbons (Fsp3) is 0. The highest BCUT2D eigenvalue weighted by Gasteiger charge is 2.16. The van der Waals surface area contributed by atoms with E-state index < -0.39 is 0 Å². The maximum atomic E-state index is 9.74. The van der Waals surface area contributed by atoms with Gasteiger partial charge in [0.1, 0.15) is 0 Å². The summed E-state index contributed by atoms with van der Waals surface area (Å²) < 4.78 is 38.7. The first-order chi connectivity index (χ1) is 34.9. The molecule has 0 bridgehead atoms. The molecule has 67 heavy (non-hydrogen) atoms. The molecule has 0 atom stereocenters. The summed E-state index contributed by atoms with van der Waals surface area (Å²) in [5, 5.41) is 7.01. The summed E-state index contributed by atoms with van der Waals surface area (Å²) >= 11 is 0. The third-order valence-electron chi connectivity index (χ3n) is 12.9. The van der Waals surface area contributed by atoms with Gasteiger partial charge < -0.3 is 4.90 Å². The van der Waals surface area contributed by atoms with Gasteiger partial charge in [-0.15, -0.1) is 0 Å². The summed E-state index contributed by atoms with van der Waals surface area (Å²) in [5.41, 5.74) is 13.1. The van der Waals surface area contributed by atoms with Gasteiger partial charge in [-0.05, 0) is 166 Å². The molecule has 0 N–H and O–H groups in total. The van der Waals surface area contributed by atoms with Crippen molar-refractivity contribution in [1.29, 1.82) is 0 Å². The van der Waals surface area contributed by atoms with Gasteiger partial charge in [-0.25, -0.2) is 0 Å². The summed E-state index contributed by atoms with van der Waals surface area (Å²) in [7, 11) is 0. The molecule has 0 aliphatic heterocycles. The third-order valence-corrected chi connectivity index (χ3v) is 12.9. The quantitative estimate of drug-likeness (QED) is 0.131. The van der Waals surface area contributed by atoms with Crippen LogP contribution in [0.25, 0.3) is 99.1 Å². The van der Waals surface area contributed by atoms with Crippen LogP contribution in [0.3, 0.4) is 0 Å². The molecule has 12 aromatic carbocycles. The maximum absolute atomic E-state index is 9.74. The second kappa shape index (κ2) is 17.3. The first kappa shape index (κ1) is 35.6. The van der Waals surface area contributed by atoms with Gasteiger partial charge in [-0.2, -0.15) is 0 Å². The van der Waals surface area contributed by atoms with Gasteiger partial charge in [0.05, 0.1) is 5.48 Å². The Kier molecular flexibility index (Phi) is 9.19. The molecule has 12 rings (SSSR count). The minimum Gasteiger partial charge on any atom is -0.311 e. The summed E-state index contributed by atoms with van der Waals surface area (Å²) in [6.07, 6.45) is 0. The molecule has 314 valence electrons. The number of nitrogens with zero attached hydrogens (tertiary/aromatic N) is 1. The number of anilines is 3. The summed E-state index contributed by atoms with van der Waals surface area (Å²) in [6.45, 7) is 0. The predicted molar refractivity (Wildman–Crippen MR) is 286 cm³/mol. The Bertz CT molecular complexity index is 3870. The van der Waals surface area contributed by atoms with Crippen molar-refractivity contribution in [3.8, 4) is 66.8 Å². The fourth-order valence-electron chi connectivity index (χ4n) is 9.48. The minimum atomic E-state index is -0.130. The molecule has 0 aliphatic rings. The Labute approximate surface area is 397 Å². The Balaban J connectivity index is 0.976. The molecular weight excluding hydrogens is 807 g/mol. The average Bonchev–Trinajstić information content (AvgIpc) is 3.44. The normalized spacial score (nSPS) is 12.1. The molecule has 0 heterocycles. The van der Waals surface area contributed by atoms with E-state index in [1.165, 1.54) is 16.2 Å². The maximum Gasteiger partial charge on any atom is 0.0645 e. The van der Waals surface area contributed by atoms with Gasteiger partial charge in [-0.3, -0.25) is 0 Å². The van der Waals surface area contributed by atoms with E-state index in [1.54, 1.807) is 0 Å². The van der Waals surface area contributed by atoms with Crippen LogP contribution in [0.4, 0.5) is 17.1 Å². The van der Waals surface area contributed by atoms with Crippen LogP contribution in [0.1, 0.15) is 5.48 Å². The largest absolute Gasteiger partial charge is 0.311 e. The Hall–Kier alpha value is -8.78. The molecule has 0 fully saturated rings. The van der Waals surface area contributed by atoms with Crippen molar-refractivity contribution in [3.05, 3.63) is 273 Å². The molecule has 1 heteroatoms. The van der Waals surface area contributed by atoms with Crippen molar-refractivity contribution >= 4 is 49.4 Å². The SMILES string of the molecule is [2H]c1c([2H])c(N(c2ccc(-c3cc(-c4ccccc4)cc(-c4ccccc4)c3)cc2)c2ccc(-c3ccc4c(ccc5ccccc54)c3)cc2)c([2H])c([2H])c1-c1cccc(-c2cccc3ccccc23)c1. The highest BCUT2D eigenvalue weighted by atomic mass is 15.1. The zero-order valence-corrected chi connectivity index (χ0v) is 36.6. The molecule has 0 saturated carbocycles. The molecule has 0 aliphatic carbocycles. The van der Waals surface area contributed by atoms with Crippen LogP contribution < -0.4 is 4.90 Å².